The number of ether oxygens (including phenoxy) is 1. The third kappa shape index (κ3) is 3.87. The number of carbonyl (C=O) groups is 2. The number of anilines is 1. The van der Waals surface area contributed by atoms with Gasteiger partial charge in [-0.1, -0.05) is 18.9 Å². The van der Waals surface area contributed by atoms with Gasteiger partial charge in [-0.05, 0) is 31.0 Å². The lowest BCUT2D eigenvalue weighted by atomic mass is 10.2. The molecule has 0 radical (unpaired) electrons. The van der Waals surface area contributed by atoms with E-state index in [2.05, 4.69) is 10.2 Å². The third-order valence-corrected chi connectivity index (χ3v) is 4.98. The summed E-state index contributed by atoms with van der Waals surface area (Å²) in [7, 11) is 1.34. The van der Waals surface area contributed by atoms with Gasteiger partial charge in [0.05, 0.1) is 12.7 Å². The normalized spacial score (nSPS) is 19.3. The van der Waals surface area contributed by atoms with E-state index in [4.69, 9.17) is 4.74 Å². The molecule has 0 atom stereocenters. The van der Waals surface area contributed by atoms with E-state index in [1.165, 1.54) is 32.8 Å². The van der Waals surface area contributed by atoms with Crippen molar-refractivity contribution < 1.29 is 14.3 Å². The molecule has 0 aromatic heterocycles. The fraction of sp³-hybridized carbons (Fsp3) is 0.556. The Balaban J connectivity index is 1.53. The molecule has 1 aromatic rings. The number of hydrogen-bond acceptors (Lipinski definition) is 4. The zero-order valence-corrected chi connectivity index (χ0v) is 14.2. The maximum absolute atomic E-state index is 12.4. The summed E-state index contributed by atoms with van der Waals surface area (Å²) in [5, 5.41) is 2.88. The Hall–Kier alpha value is -2.08. The largest absolute Gasteiger partial charge is 0.465 e. The number of esters is 1. The first-order valence-corrected chi connectivity index (χ1v) is 8.66. The van der Waals surface area contributed by atoms with Crippen LogP contribution in [0.15, 0.2) is 24.3 Å². The van der Waals surface area contributed by atoms with Crippen molar-refractivity contribution in [2.75, 3.05) is 38.6 Å². The molecule has 2 amide bonds. The first kappa shape index (κ1) is 16.8. The van der Waals surface area contributed by atoms with Gasteiger partial charge in [-0.3, -0.25) is 4.90 Å². The number of carbonyl (C=O) groups excluding carboxylic acids is 2. The smallest absolute Gasteiger partial charge is 0.337 e. The van der Waals surface area contributed by atoms with Crippen LogP contribution in [0.3, 0.4) is 0 Å². The second-order valence-corrected chi connectivity index (χ2v) is 6.46. The molecule has 6 nitrogen and oxygen atoms in total. The van der Waals surface area contributed by atoms with Gasteiger partial charge in [0.15, 0.2) is 0 Å². The lowest BCUT2D eigenvalue weighted by Gasteiger charge is -2.38. The molecule has 1 aromatic carbocycles. The van der Waals surface area contributed by atoms with Crippen LogP contribution in [0, 0.1) is 0 Å². The van der Waals surface area contributed by atoms with Crippen molar-refractivity contribution in [1.29, 1.82) is 0 Å². The van der Waals surface area contributed by atoms with Gasteiger partial charge >= 0.3 is 12.0 Å². The van der Waals surface area contributed by atoms with E-state index in [-0.39, 0.29) is 6.03 Å². The molecule has 1 N–H and O–H groups in total. The molecule has 1 saturated carbocycles. The van der Waals surface area contributed by atoms with Gasteiger partial charge in [-0.25, -0.2) is 9.59 Å². The van der Waals surface area contributed by atoms with Gasteiger partial charge in [-0.2, -0.15) is 0 Å². The highest BCUT2D eigenvalue weighted by molar-refractivity contribution is 5.93. The lowest BCUT2D eigenvalue weighted by Crippen LogP contribution is -2.52. The summed E-state index contributed by atoms with van der Waals surface area (Å²) in [6.07, 6.45) is 5.27. The molecule has 24 heavy (non-hydrogen) atoms. The Bertz CT molecular complexity index is 591. The molecule has 6 heteroatoms. The second kappa shape index (κ2) is 7.66. The first-order valence-electron chi connectivity index (χ1n) is 8.66. The van der Waals surface area contributed by atoms with Gasteiger partial charge in [0.25, 0.3) is 0 Å². The first-order chi connectivity index (χ1) is 11.7. The van der Waals surface area contributed by atoms with Crippen molar-refractivity contribution >= 4 is 17.7 Å². The second-order valence-electron chi connectivity index (χ2n) is 6.46. The predicted molar refractivity (Wildman–Crippen MR) is 92.2 cm³/mol. The Morgan fingerprint density at radius 3 is 2.50 bits per heavy atom. The zero-order valence-electron chi connectivity index (χ0n) is 14.2. The monoisotopic (exact) mass is 331 g/mol. The van der Waals surface area contributed by atoms with Crippen molar-refractivity contribution in [1.82, 2.24) is 9.80 Å². The van der Waals surface area contributed by atoms with Gasteiger partial charge in [0, 0.05) is 37.9 Å². The van der Waals surface area contributed by atoms with Crippen molar-refractivity contribution in [3.8, 4) is 0 Å². The number of piperazine rings is 1. The average molecular weight is 331 g/mol. The van der Waals surface area contributed by atoms with E-state index >= 15 is 0 Å². The minimum absolute atomic E-state index is 0.108. The number of benzene rings is 1. The summed E-state index contributed by atoms with van der Waals surface area (Å²) >= 11 is 0. The fourth-order valence-electron chi connectivity index (χ4n) is 3.60. The van der Waals surface area contributed by atoms with Crippen LogP contribution in [0.2, 0.25) is 0 Å². The van der Waals surface area contributed by atoms with Crippen LogP contribution in [0.5, 0.6) is 0 Å². The number of nitrogens with one attached hydrogen (secondary N) is 1. The van der Waals surface area contributed by atoms with Gasteiger partial charge in [0.1, 0.15) is 0 Å². The Morgan fingerprint density at radius 2 is 1.83 bits per heavy atom. The van der Waals surface area contributed by atoms with Crippen molar-refractivity contribution in [2.45, 2.75) is 31.7 Å². The fourth-order valence-corrected chi connectivity index (χ4v) is 3.60. The number of nitrogens with zero attached hydrogens (tertiary/aromatic N) is 2. The van der Waals surface area contributed by atoms with Crippen molar-refractivity contribution in [3.63, 3.8) is 0 Å². The maximum Gasteiger partial charge on any atom is 0.337 e. The number of amides is 2. The van der Waals surface area contributed by atoms with Crippen molar-refractivity contribution in [3.05, 3.63) is 29.8 Å². The molecule has 1 aliphatic carbocycles. The summed E-state index contributed by atoms with van der Waals surface area (Å²) in [4.78, 5) is 28.4. The summed E-state index contributed by atoms with van der Waals surface area (Å²) in [5.41, 5.74) is 1.04. The van der Waals surface area contributed by atoms with Crippen LogP contribution in [0.25, 0.3) is 0 Å². The van der Waals surface area contributed by atoms with E-state index in [1.807, 2.05) is 4.90 Å². The highest BCUT2D eigenvalue weighted by Gasteiger charge is 2.27. The van der Waals surface area contributed by atoms with E-state index in [9.17, 15) is 9.59 Å². The SMILES string of the molecule is COC(=O)c1cccc(NC(=O)N2CCN(C3CCCC3)CC2)c1. The number of rotatable bonds is 3. The molecule has 1 heterocycles. The molecule has 0 unspecified atom stereocenters. The third-order valence-electron chi connectivity index (χ3n) is 4.98. The molecule has 2 aliphatic rings. The van der Waals surface area contributed by atoms with E-state index < -0.39 is 5.97 Å². The molecular weight excluding hydrogens is 306 g/mol. The van der Waals surface area contributed by atoms with Crippen LogP contribution < -0.4 is 5.32 Å². The molecule has 0 bridgehead atoms. The van der Waals surface area contributed by atoms with Crippen LogP contribution in [0.1, 0.15) is 36.0 Å². The topological polar surface area (TPSA) is 61.9 Å². The lowest BCUT2D eigenvalue weighted by molar-refractivity contribution is 0.0600. The quantitative estimate of drug-likeness (QED) is 0.865. The zero-order chi connectivity index (χ0) is 16.9. The Morgan fingerprint density at radius 1 is 1.12 bits per heavy atom. The van der Waals surface area contributed by atoms with E-state index in [1.54, 1.807) is 24.3 Å². The van der Waals surface area contributed by atoms with Crippen LogP contribution >= 0.6 is 0 Å². The summed E-state index contributed by atoms with van der Waals surface area (Å²) < 4.78 is 4.71. The van der Waals surface area contributed by atoms with Crippen LogP contribution in [0.4, 0.5) is 10.5 Å². The summed E-state index contributed by atoms with van der Waals surface area (Å²) in [6.45, 7) is 3.39. The van der Waals surface area contributed by atoms with Gasteiger partial charge < -0.3 is 15.0 Å². The number of hydrogen-bond donors (Lipinski definition) is 1. The molecule has 1 aliphatic heterocycles. The molecule has 0 spiro atoms. The molecule has 3 rings (SSSR count). The summed E-state index contributed by atoms with van der Waals surface area (Å²) in [5.74, 6) is -0.406. The number of methoxy groups -OCH3 is 1. The highest BCUT2D eigenvalue weighted by atomic mass is 16.5. The molecule has 130 valence electrons. The van der Waals surface area contributed by atoms with Gasteiger partial charge in [-0.15, -0.1) is 0 Å². The van der Waals surface area contributed by atoms with E-state index in [0.717, 1.165) is 26.2 Å². The molecule has 1 saturated heterocycles. The van der Waals surface area contributed by atoms with Crippen molar-refractivity contribution in [2.24, 2.45) is 0 Å². The maximum atomic E-state index is 12.4. The van der Waals surface area contributed by atoms with Crippen LogP contribution in [-0.4, -0.2) is 61.1 Å². The van der Waals surface area contributed by atoms with Gasteiger partial charge in [0.2, 0.25) is 0 Å². The number of urea groups is 1. The van der Waals surface area contributed by atoms with E-state index in [0.29, 0.717) is 17.3 Å². The predicted octanol–water partition coefficient (Wildman–Crippen LogP) is 2.57. The molecule has 2 fully saturated rings. The molecular formula is C18H25N3O3. The van der Waals surface area contributed by atoms with Crippen LogP contribution in [-0.2, 0) is 4.74 Å². The standard InChI is InChI=1S/C18H25N3O3/c1-24-17(22)14-5-4-6-15(13-14)19-18(23)21-11-9-20(10-12-21)16-7-2-3-8-16/h4-6,13,16H,2-3,7-12H2,1H3,(H,19,23). The minimum Gasteiger partial charge on any atom is -0.465 e. The Kier molecular flexibility index (Phi) is 5.35. The Labute approximate surface area is 142 Å². The average Bonchev–Trinajstić information content (AvgIpc) is 3.16. The minimum atomic E-state index is -0.406. The summed E-state index contributed by atoms with van der Waals surface area (Å²) in [6, 6.07) is 7.43. The highest BCUT2D eigenvalue weighted by Crippen LogP contribution is 2.24.